The van der Waals surface area contributed by atoms with Gasteiger partial charge in [-0.15, -0.1) is 0 Å². The molecule has 0 aliphatic carbocycles. The van der Waals surface area contributed by atoms with Crippen molar-refractivity contribution in [2.45, 2.75) is 38.8 Å². The maximum Gasteiger partial charge on any atom is 0.221 e. The van der Waals surface area contributed by atoms with Crippen LogP contribution in [0.25, 0.3) is 10.9 Å². The second-order valence-corrected chi connectivity index (χ2v) is 8.64. The zero-order valence-electron chi connectivity index (χ0n) is 18.6. The van der Waals surface area contributed by atoms with E-state index >= 15 is 0 Å². The van der Waals surface area contributed by atoms with E-state index < -0.39 is 0 Å². The fourth-order valence-electron chi connectivity index (χ4n) is 4.43. The molecule has 0 saturated carbocycles. The Morgan fingerprint density at radius 3 is 2.81 bits per heavy atom. The molecule has 0 bridgehead atoms. The quantitative estimate of drug-likeness (QED) is 0.623. The van der Waals surface area contributed by atoms with Crippen LogP contribution in [0.4, 0.5) is 5.69 Å². The minimum Gasteiger partial charge on any atom is -0.326 e. The first-order valence-electron chi connectivity index (χ1n) is 11.2. The Labute approximate surface area is 185 Å². The number of rotatable bonds is 7. The van der Waals surface area contributed by atoms with E-state index in [0.29, 0.717) is 6.04 Å². The highest BCUT2D eigenvalue weighted by atomic mass is 16.1. The van der Waals surface area contributed by atoms with E-state index in [1.165, 1.54) is 25.3 Å². The third-order valence-corrected chi connectivity index (χ3v) is 6.15. The number of likely N-dealkylation sites (tertiary alicyclic amines) is 1. The fourth-order valence-corrected chi connectivity index (χ4v) is 4.43. The standard InChI is InChI=1S/C26H32N4O/c1-20(31)27-23-12-13-26-22(17-23)10-11-24(28-26)18-30-15-6-9-25(19-30)29(2)16-14-21-7-4-3-5-8-21/h3-5,7-8,10-13,17,25H,6,9,14-16,18-19H2,1-2H3,(H,27,31). The molecular formula is C26H32N4O. The highest BCUT2D eigenvalue weighted by molar-refractivity contribution is 5.92. The minimum atomic E-state index is -0.0580. The van der Waals surface area contributed by atoms with Crippen molar-refractivity contribution in [1.82, 2.24) is 14.8 Å². The van der Waals surface area contributed by atoms with Crippen LogP contribution < -0.4 is 5.32 Å². The molecule has 1 N–H and O–H groups in total. The third kappa shape index (κ3) is 5.90. The van der Waals surface area contributed by atoms with Crippen molar-refractivity contribution < 1.29 is 4.79 Å². The van der Waals surface area contributed by atoms with Crippen LogP contribution in [0.3, 0.4) is 0 Å². The minimum absolute atomic E-state index is 0.0580. The van der Waals surface area contributed by atoms with Crippen LogP contribution in [-0.2, 0) is 17.8 Å². The van der Waals surface area contributed by atoms with Gasteiger partial charge in [0.2, 0.25) is 5.91 Å². The summed E-state index contributed by atoms with van der Waals surface area (Å²) in [5.74, 6) is -0.0580. The summed E-state index contributed by atoms with van der Waals surface area (Å²) in [6, 6.07) is 21.4. The van der Waals surface area contributed by atoms with Crippen molar-refractivity contribution in [1.29, 1.82) is 0 Å². The lowest BCUT2D eigenvalue weighted by Gasteiger charge is -2.37. The summed E-state index contributed by atoms with van der Waals surface area (Å²) in [5.41, 5.74) is 4.29. The molecule has 2 aromatic carbocycles. The number of amides is 1. The molecule has 1 unspecified atom stereocenters. The van der Waals surface area contributed by atoms with Crippen LogP contribution in [0, 0.1) is 0 Å². The number of hydrogen-bond donors (Lipinski definition) is 1. The molecule has 3 aromatic rings. The van der Waals surface area contributed by atoms with E-state index in [-0.39, 0.29) is 5.91 Å². The predicted molar refractivity (Wildman–Crippen MR) is 127 cm³/mol. The molecule has 1 fully saturated rings. The summed E-state index contributed by atoms with van der Waals surface area (Å²) in [7, 11) is 2.26. The molecule has 1 atom stereocenters. The third-order valence-electron chi connectivity index (χ3n) is 6.15. The van der Waals surface area contributed by atoms with Gasteiger partial charge >= 0.3 is 0 Å². The summed E-state index contributed by atoms with van der Waals surface area (Å²) in [5, 5.41) is 3.88. The van der Waals surface area contributed by atoms with Crippen molar-refractivity contribution in [3.63, 3.8) is 0 Å². The monoisotopic (exact) mass is 416 g/mol. The van der Waals surface area contributed by atoms with Crippen LogP contribution in [0.2, 0.25) is 0 Å². The smallest absolute Gasteiger partial charge is 0.221 e. The molecule has 1 amide bonds. The van der Waals surface area contributed by atoms with Crippen LogP contribution >= 0.6 is 0 Å². The van der Waals surface area contributed by atoms with Gasteiger partial charge in [-0.1, -0.05) is 36.4 Å². The second kappa shape index (κ2) is 10.0. The van der Waals surface area contributed by atoms with Gasteiger partial charge in [0.15, 0.2) is 0 Å². The highest BCUT2D eigenvalue weighted by Crippen LogP contribution is 2.21. The summed E-state index contributed by atoms with van der Waals surface area (Å²) in [4.78, 5) is 21.2. The summed E-state index contributed by atoms with van der Waals surface area (Å²) >= 11 is 0. The SMILES string of the molecule is CC(=O)Nc1ccc2nc(CN3CCCC(N(C)CCc4ccccc4)C3)ccc2c1. The number of carbonyl (C=O) groups is 1. The Morgan fingerprint density at radius 2 is 2.00 bits per heavy atom. The number of carbonyl (C=O) groups excluding carboxylic acids is 1. The number of nitrogens with one attached hydrogen (secondary N) is 1. The van der Waals surface area contributed by atoms with E-state index in [2.05, 4.69) is 64.6 Å². The molecule has 4 rings (SSSR count). The lowest BCUT2D eigenvalue weighted by Crippen LogP contribution is -2.46. The number of aromatic nitrogens is 1. The zero-order valence-corrected chi connectivity index (χ0v) is 18.6. The highest BCUT2D eigenvalue weighted by Gasteiger charge is 2.23. The van der Waals surface area contributed by atoms with E-state index in [1.807, 2.05) is 18.2 Å². The van der Waals surface area contributed by atoms with Gasteiger partial charge in [-0.2, -0.15) is 0 Å². The van der Waals surface area contributed by atoms with Gasteiger partial charge in [0.05, 0.1) is 11.2 Å². The summed E-state index contributed by atoms with van der Waals surface area (Å²) in [6.07, 6.45) is 3.59. The number of benzene rings is 2. The average Bonchev–Trinajstić information content (AvgIpc) is 2.78. The number of likely N-dealkylation sites (N-methyl/N-ethyl adjacent to an activating group) is 1. The topological polar surface area (TPSA) is 48.5 Å². The molecule has 1 aliphatic rings. The first kappa shape index (κ1) is 21.5. The van der Waals surface area contributed by atoms with E-state index in [4.69, 9.17) is 4.98 Å². The first-order chi connectivity index (χ1) is 15.1. The van der Waals surface area contributed by atoms with Crippen LogP contribution in [-0.4, -0.2) is 53.4 Å². The molecule has 1 aromatic heterocycles. The van der Waals surface area contributed by atoms with Gasteiger partial charge in [0.1, 0.15) is 0 Å². The molecule has 0 radical (unpaired) electrons. The molecule has 31 heavy (non-hydrogen) atoms. The molecule has 5 nitrogen and oxygen atoms in total. The van der Waals surface area contributed by atoms with E-state index in [0.717, 1.165) is 54.9 Å². The van der Waals surface area contributed by atoms with Gasteiger partial charge in [0, 0.05) is 43.7 Å². The number of nitrogens with zero attached hydrogens (tertiary/aromatic N) is 3. The van der Waals surface area contributed by atoms with Crippen molar-refractivity contribution in [3.8, 4) is 0 Å². The summed E-state index contributed by atoms with van der Waals surface area (Å²) in [6.45, 7) is 5.72. The molecule has 0 spiro atoms. The second-order valence-electron chi connectivity index (χ2n) is 8.64. The number of fused-ring (bicyclic) bond motifs is 1. The van der Waals surface area contributed by atoms with Gasteiger partial charge in [-0.25, -0.2) is 0 Å². The first-order valence-corrected chi connectivity index (χ1v) is 11.2. The molecule has 2 heterocycles. The molecule has 162 valence electrons. The largest absolute Gasteiger partial charge is 0.326 e. The Balaban J connectivity index is 1.35. The maximum absolute atomic E-state index is 11.3. The molecule has 1 saturated heterocycles. The van der Waals surface area contributed by atoms with Crippen molar-refractivity contribution in [2.24, 2.45) is 0 Å². The van der Waals surface area contributed by atoms with Gasteiger partial charge in [-0.05, 0) is 62.7 Å². The number of hydrogen-bond acceptors (Lipinski definition) is 4. The normalized spacial score (nSPS) is 17.2. The fraction of sp³-hybridized carbons (Fsp3) is 0.385. The molecule has 5 heteroatoms. The van der Waals surface area contributed by atoms with Crippen LogP contribution in [0.5, 0.6) is 0 Å². The van der Waals surface area contributed by atoms with E-state index in [9.17, 15) is 4.79 Å². The van der Waals surface area contributed by atoms with E-state index in [1.54, 1.807) is 0 Å². The Kier molecular flexibility index (Phi) is 6.95. The van der Waals surface area contributed by atoms with Crippen molar-refractivity contribution in [2.75, 3.05) is 32.0 Å². The van der Waals surface area contributed by atoms with Gasteiger partial charge < -0.3 is 10.2 Å². The maximum atomic E-state index is 11.3. The Bertz CT molecular complexity index is 1020. The van der Waals surface area contributed by atoms with Crippen molar-refractivity contribution >= 4 is 22.5 Å². The van der Waals surface area contributed by atoms with Crippen LogP contribution in [0.1, 0.15) is 31.0 Å². The van der Waals surface area contributed by atoms with Gasteiger partial charge in [-0.3, -0.25) is 14.7 Å². The Hall–Kier alpha value is -2.76. The number of piperidine rings is 1. The predicted octanol–water partition coefficient (Wildman–Crippen LogP) is 4.33. The average molecular weight is 417 g/mol. The Morgan fingerprint density at radius 1 is 1.16 bits per heavy atom. The van der Waals surface area contributed by atoms with Crippen molar-refractivity contribution in [3.05, 3.63) is 71.9 Å². The molecular weight excluding hydrogens is 384 g/mol. The summed E-state index contributed by atoms with van der Waals surface area (Å²) < 4.78 is 0. The number of pyridine rings is 1. The number of anilines is 1. The van der Waals surface area contributed by atoms with Gasteiger partial charge in [0.25, 0.3) is 0 Å². The lowest BCUT2D eigenvalue weighted by atomic mass is 10.0. The zero-order chi connectivity index (χ0) is 21.6. The van der Waals surface area contributed by atoms with Crippen LogP contribution in [0.15, 0.2) is 60.7 Å². The lowest BCUT2D eigenvalue weighted by molar-refractivity contribution is -0.114. The molecule has 1 aliphatic heterocycles.